The molecule has 0 saturated heterocycles. The first-order valence-electron chi connectivity index (χ1n) is 6.61. The van der Waals surface area contributed by atoms with E-state index < -0.39 is 0 Å². The SMILES string of the molecule is CN(Cc1ccc(F)cc1)Cn1nc2ccccn2c1=S. The van der Waals surface area contributed by atoms with Gasteiger partial charge >= 0.3 is 0 Å². The largest absolute Gasteiger partial charge is 0.283 e. The van der Waals surface area contributed by atoms with E-state index in [-0.39, 0.29) is 5.82 Å². The first-order chi connectivity index (χ1) is 10.1. The van der Waals surface area contributed by atoms with E-state index in [1.165, 1.54) is 12.1 Å². The van der Waals surface area contributed by atoms with Crippen LogP contribution in [-0.2, 0) is 13.2 Å². The molecule has 0 aliphatic heterocycles. The topological polar surface area (TPSA) is 25.5 Å². The number of halogens is 1. The number of nitrogens with zero attached hydrogens (tertiary/aromatic N) is 4. The Morgan fingerprint density at radius 3 is 2.67 bits per heavy atom. The molecule has 3 rings (SSSR count). The Morgan fingerprint density at radius 2 is 1.95 bits per heavy atom. The first-order valence-corrected chi connectivity index (χ1v) is 7.01. The lowest BCUT2D eigenvalue weighted by atomic mass is 10.2. The molecular formula is C15H15FN4S. The summed E-state index contributed by atoms with van der Waals surface area (Å²) in [4.78, 5) is 2.08. The maximum atomic E-state index is 12.9. The summed E-state index contributed by atoms with van der Waals surface area (Å²) < 4.78 is 17.2. The minimum Gasteiger partial charge on any atom is -0.283 e. The van der Waals surface area contributed by atoms with Gasteiger partial charge in [-0.1, -0.05) is 18.2 Å². The Bertz CT molecular complexity index is 806. The molecule has 21 heavy (non-hydrogen) atoms. The van der Waals surface area contributed by atoms with E-state index in [2.05, 4.69) is 10.00 Å². The molecule has 0 amide bonds. The normalized spacial score (nSPS) is 11.4. The Hall–Kier alpha value is -2.05. The van der Waals surface area contributed by atoms with Crippen LogP contribution in [0.5, 0.6) is 0 Å². The summed E-state index contributed by atoms with van der Waals surface area (Å²) in [6.07, 6.45) is 1.90. The molecule has 0 atom stereocenters. The van der Waals surface area contributed by atoms with Crippen molar-refractivity contribution in [3.05, 3.63) is 64.8 Å². The number of hydrogen-bond donors (Lipinski definition) is 0. The maximum Gasteiger partial charge on any atom is 0.203 e. The smallest absolute Gasteiger partial charge is 0.203 e. The Morgan fingerprint density at radius 1 is 1.19 bits per heavy atom. The van der Waals surface area contributed by atoms with Gasteiger partial charge in [-0.05, 0) is 49.1 Å². The highest BCUT2D eigenvalue weighted by molar-refractivity contribution is 7.71. The Balaban J connectivity index is 1.77. The molecular weight excluding hydrogens is 287 g/mol. The third-order valence-electron chi connectivity index (χ3n) is 3.23. The second kappa shape index (κ2) is 5.75. The van der Waals surface area contributed by atoms with Crippen molar-refractivity contribution in [1.29, 1.82) is 0 Å². The summed E-state index contributed by atoms with van der Waals surface area (Å²) in [5.74, 6) is -0.219. The number of benzene rings is 1. The lowest BCUT2D eigenvalue weighted by Gasteiger charge is -2.16. The molecule has 0 unspecified atom stereocenters. The van der Waals surface area contributed by atoms with Crippen LogP contribution >= 0.6 is 12.2 Å². The minimum absolute atomic E-state index is 0.219. The van der Waals surface area contributed by atoms with Crippen LogP contribution in [0.25, 0.3) is 5.65 Å². The van der Waals surface area contributed by atoms with E-state index in [0.717, 1.165) is 11.2 Å². The number of hydrogen-bond acceptors (Lipinski definition) is 3. The Kier molecular flexibility index (Phi) is 3.81. The molecule has 0 N–H and O–H groups in total. The molecule has 0 saturated carbocycles. The van der Waals surface area contributed by atoms with Crippen molar-refractivity contribution in [2.45, 2.75) is 13.2 Å². The number of fused-ring (bicyclic) bond motifs is 1. The second-order valence-electron chi connectivity index (χ2n) is 4.99. The van der Waals surface area contributed by atoms with Crippen LogP contribution in [0.3, 0.4) is 0 Å². The summed E-state index contributed by atoms with van der Waals surface area (Å²) in [7, 11) is 1.98. The first kappa shape index (κ1) is 13.9. The van der Waals surface area contributed by atoms with Crippen molar-refractivity contribution in [2.75, 3.05) is 7.05 Å². The standard InChI is InChI=1S/C15H15FN4S/c1-18(10-12-5-7-13(16)8-6-12)11-20-15(21)19-9-3-2-4-14(19)17-20/h2-9H,10-11H2,1H3. The van der Waals surface area contributed by atoms with Gasteiger partial charge in [-0.2, -0.15) is 5.10 Å². The fraction of sp³-hybridized carbons (Fsp3) is 0.200. The number of pyridine rings is 1. The summed E-state index contributed by atoms with van der Waals surface area (Å²) in [6, 6.07) is 12.3. The molecule has 108 valence electrons. The van der Waals surface area contributed by atoms with Gasteiger partial charge in [-0.3, -0.25) is 9.30 Å². The van der Waals surface area contributed by atoms with Gasteiger partial charge in [0.2, 0.25) is 4.77 Å². The van der Waals surface area contributed by atoms with Gasteiger partial charge in [-0.15, -0.1) is 0 Å². The zero-order valence-electron chi connectivity index (χ0n) is 11.6. The molecule has 0 spiro atoms. The van der Waals surface area contributed by atoms with Crippen molar-refractivity contribution in [3.8, 4) is 0 Å². The third-order valence-corrected chi connectivity index (χ3v) is 3.64. The average Bonchev–Trinajstić information content (AvgIpc) is 2.78. The number of aromatic nitrogens is 3. The van der Waals surface area contributed by atoms with E-state index in [9.17, 15) is 4.39 Å². The predicted molar refractivity (Wildman–Crippen MR) is 81.9 cm³/mol. The zero-order valence-corrected chi connectivity index (χ0v) is 12.4. The van der Waals surface area contributed by atoms with E-state index in [1.807, 2.05) is 35.8 Å². The lowest BCUT2D eigenvalue weighted by molar-refractivity contribution is 0.244. The monoisotopic (exact) mass is 302 g/mol. The summed E-state index contributed by atoms with van der Waals surface area (Å²) in [5.41, 5.74) is 1.88. The van der Waals surface area contributed by atoms with Crippen molar-refractivity contribution < 1.29 is 4.39 Å². The van der Waals surface area contributed by atoms with Crippen LogP contribution in [0, 0.1) is 10.6 Å². The maximum absolute atomic E-state index is 12.9. The van der Waals surface area contributed by atoms with E-state index >= 15 is 0 Å². The van der Waals surface area contributed by atoms with Gasteiger partial charge in [-0.25, -0.2) is 9.07 Å². The fourth-order valence-corrected chi connectivity index (χ4v) is 2.49. The van der Waals surface area contributed by atoms with Crippen molar-refractivity contribution >= 4 is 17.9 Å². The second-order valence-corrected chi connectivity index (χ2v) is 5.36. The molecule has 0 aliphatic rings. The molecule has 3 aromatic rings. The summed E-state index contributed by atoms with van der Waals surface area (Å²) in [5, 5.41) is 4.48. The van der Waals surface area contributed by atoms with Crippen LogP contribution in [0.15, 0.2) is 48.7 Å². The van der Waals surface area contributed by atoms with Gasteiger partial charge in [0.15, 0.2) is 5.65 Å². The number of rotatable bonds is 4. The van der Waals surface area contributed by atoms with Gasteiger partial charge in [0.1, 0.15) is 5.82 Å². The van der Waals surface area contributed by atoms with Gasteiger partial charge in [0.05, 0.1) is 6.67 Å². The average molecular weight is 302 g/mol. The van der Waals surface area contributed by atoms with E-state index in [0.29, 0.717) is 18.0 Å². The third kappa shape index (κ3) is 3.01. The zero-order chi connectivity index (χ0) is 14.8. The van der Waals surface area contributed by atoms with Crippen molar-refractivity contribution in [1.82, 2.24) is 19.1 Å². The molecule has 2 heterocycles. The van der Waals surface area contributed by atoms with Crippen LogP contribution in [0.4, 0.5) is 4.39 Å². The summed E-state index contributed by atoms with van der Waals surface area (Å²) in [6.45, 7) is 1.29. The molecule has 2 aromatic heterocycles. The molecule has 4 nitrogen and oxygen atoms in total. The highest BCUT2D eigenvalue weighted by Crippen LogP contribution is 2.08. The van der Waals surface area contributed by atoms with Crippen LogP contribution in [0.2, 0.25) is 0 Å². The van der Waals surface area contributed by atoms with Crippen LogP contribution < -0.4 is 0 Å². The van der Waals surface area contributed by atoms with Crippen LogP contribution in [-0.4, -0.2) is 26.1 Å². The van der Waals surface area contributed by atoms with Crippen molar-refractivity contribution in [3.63, 3.8) is 0 Å². The minimum atomic E-state index is -0.219. The van der Waals surface area contributed by atoms with E-state index in [4.69, 9.17) is 12.2 Å². The molecule has 0 radical (unpaired) electrons. The predicted octanol–water partition coefficient (Wildman–Crippen LogP) is 3.09. The lowest BCUT2D eigenvalue weighted by Crippen LogP contribution is -2.22. The van der Waals surface area contributed by atoms with Crippen molar-refractivity contribution in [2.24, 2.45) is 0 Å². The van der Waals surface area contributed by atoms with Crippen LogP contribution in [0.1, 0.15) is 5.56 Å². The quantitative estimate of drug-likeness (QED) is 0.693. The van der Waals surface area contributed by atoms with Gasteiger partial charge in [0.25, 0.3) is 0 Å². The van der Waals surface area contributed by atoms with Gasteiger partial charge in [0, 0.05) is 12.7 Å². The molecule has 0 fully saturated rings. The highest BCUT2D eigenvalue weighted by atomic mass is 32.1. The Labute approximate surface area is 127 Å². The van der Waals surface area contributed by atoms with Gasteiger partial charge < -0.3 is 0 Å². The fourth-order valence-electron chi connectivity index (χ4n) is 2.24. The molecule has 1 aromatic carbocycles. The highest BCUT2D eigenvalue weighted by Gasteiger charge is 2.06. The molecule has 6 heteroatoms. The molecule has 0 aliphatic carbocycles. The summed E-state index contributed by atoms with van der Waals surface area (Å²) >= 11 is 5.41. The van der Waals surface area contributed by atoms with E-state index in [1.54, 1.807) is 16.8 Å². The molecule has 0 bridgehead atoms.